The molecule has 3 heteroatoms. The maximum Gasteiger partial charge on any atom is 0.122 e. The predicted molar refractivity (Wildman–Crippen MR) is 69.7 cm³/mol. The lowest BCUT2D eigenvalue weighted by Crippen LogP contribution is -2.16. The van der Waals surface area contributed by atoms with Crippen LogP contribution in [0.3, 0.4) is 0 Å². The molecule has 2 nitrogen and oxygen atoms in total. The smallest absolute Gasteiger partial charge is 0.122 e. The van der Waals surface area contributed by atoms with Gasteiger partial charge < -0.3 is 10.1 Å². The van der Waals surface area contributed by atoms with Gasteiger partial charge in [-0.25, -0.2) is 0 Å². The van der Waals surface area contributed by atoms with E-state index in [9.17, 15) is 0 Å². The molecule has 0 radical (unpaired) electrons. The molecular formula is C13H20ClNO. The van der Waals surface area contributed by atoms with Gasteiger partial charge in [-0.1, -0.05) is 25.4 Å². The molecule has 0 bridgehead atoms. The highest BCUT2D eigenvalue weighted by Crippen LogP contribution is 2.31. The fourth-order valence-corrected chi connectivity index (χ4v) is 1.97. The molecule has 0 aliphatic carbocycles. The van der Waals surface area contributed by atoms with Crippen molar-refractivity contribution < 1.29 is 4.74 Å². The van der Waals surface area contributed by atoms with Crippen LogP contribution in [-0.2, 0) is 0 Å². The average molecular weight is 242 g/mol. The third-order valence-electron chi connectivity index (χ3n) is 2.53. The van der Waals surface area contributed by atoms with Gasteiger partial charge in [-0.2, -0.15) is 0 Å². The highest BCUT2D eigenvalue weighted by Gasteiger charge is 2.09. The number of hydrogen-bond acceptors (Lipinski definition) is 2. The van der Waals surface area contributed by atoms with E-state index in [1.807, 2.05) is 20.0 Å². The zero-order chi connectivity index (χ0) is 12.1. The largest absolute Gasteiger partial charge is 0.492 e. The van der Waals surface area contributed by atoms with Crippen LogP contribution >= 0.6 is 11.6 Å². The van der Waals surface area contributed by atoms with E-state index in [-0.39, 0.29) is 0 Å². The van der Waals surface area contributed by atoms with E-state index in [2.05, 4.69) is 25.2 Å². The first-order valence-corrected chi connectivity index (χ1v) is 6.01. The highest BCUT2D eigenvalue weighted by atomic mass is 35.5. The molecule has 16 heavy (non-hydrogen) atoms. The van der Waals surface area contributed by atoms with E-state index in [0.717, 1.165) is 28.4 Å². The second-order valence-electron chi connectivity index (χ2n) is 4.25. The van der Waals surface area contributed by atoms with Gasteiger partial charge >= 0.3 is 0 Å². The first-order valence-electron chi connectivity index (χ1n) is 5.63. The van der Waals surface area contributed by atoms with Gasteiger partial charge in [0, 0.05) is 11.6 Å². The van der Waals surface area contributed by atoms with E-state index in [4.69, 9.17) is 16.3 Å². The maximum atomic E-state index is 6.19. The Morgan fingerprint density at radius 2 is 2.06 bits per heavy atom. The predicted octanol–water partition coefficient (Wildman–Crippen LogP) is 3.37. The molecule has 0 saturated heterocycles. The standard InChI is InChI=1S/C13H20ClNO/c1-9(2)11-8-13(16-6-5-15-4)10(3)7-12(11)14/h7-9,15H,5-6H2,1-4H3. The van der Waals surface area contributed by atoms with Crippen LogP contribution in [0.5, 0.6) is 5.75 Å². The monoisotopic (exact) mass is 241 g/mol. The van der Waals surface area contributed by atoms with Crippen molar-refractivity contribution in [3.8, 4) is 5.75 Å². The van der Waals surface area contributed by atoms with Gasteiger partial charge in [0.2, 0.25) is 0 Å². The van der Waals surface area contributed by atoms with Crippen LogP contribution in [0.1, 0.15) is 30.9 Å². The number of halogens is 1. The highest BCUT2D eigenvalue weighted by molar-refractivity contribution is 6.31. The van der Waals surface area contributed by atoms with Gasteiger partial charge in [-0.3, -0.25) is 0 Å². The van der Waals surface area contributed by atoms with Crippen LogP contribution < -0.4 is 10.1 Å². The summed E-state index contributed by atoms with van der Waals surface area (Å²) in [7, 11) is 1.91. The number of ether oxygens (including phenoxy) is 1. The lowest BCUT2D eigenvalue weighted by Gasteiger charge is -2.14. The molecule has 1 aromatic carbocycles. The lowest BCUT2D eigenvalue weighted by atomic mass is 10.0. The normalized spacial score (nSPS) is 10.9. The molecule has 1 aromatic rings. The molecular weight excluding hydrogens is 222 g/mol. The molecule has 0 aliphatic heterocycles. The van der Waals surface area contributed by atoms with E-state index in [0.29, 0.717) is 12.5 Å². The van der Waals surface area contributed by atoms with Gasteiger partial charge in [0.15, 0.2) is 0 Å². The van der Waals surface area contributed by atoms with Crippen molar-refractivity contribution in [1.29, 1.82) is 0 Å². The summed E-state index contributed by atoms with van der Waals surface area (Å²) >= 11 is 6.19. The number of aryl methyl sites for hydroxylation is 1. The summed E-state index contributed by atoms with van der Waals surface area (Å²) in [5.41, 5.74) is 2.23. The van der Waals surface area contributed by atoms with Crippen LogP contribution in [0.25, 0.3) is 0 Å². The van der Waals surface area contributed by atoms with Gasteiger partial charge in [0.1, 0.15) is 12.4 Å². The van der Waals surface area contributed by atoms with Crippen molar-refractivity contribution in [2.45, 2.75) is 26.7 Å². The van der Waals surface area contributed by atoms with Crippen molar-refractivity contribution in [2.75, 3.05) is 20.2 Å². The molecule has 0 heterocycles. The van der Waals surface area contributed by atoms with E-state index < -0.39 is 0 Å². The topological polar surface area (TPSA) is 21.3 Å². The summed E-state index contributed by atoms with van der Waals surface area (Å²) in [6.45, 7) is 7.81. The molecule has 0 atom stereocenters. The molecule has 1 N–H and O–H groups in total. The van der Waals surface area contributed by atoms with E-state index >= 15 is 0 Å². The maximum absolute atomic E-state index is 6.19. The van der Waals surface area contributed by atoms with Gasteiger partial charge in [0.25, 0.3) is 0 Å². The minimum atomic E-state index is 0.416. The minimum Gasteiger partial charge on any atom is -0.492 e. The third-order valence-corrected chi connectivity index (χ3v) is 2.85. The van der Waals surface area contributed by atoms with Crippen molar-refractivity contribution in [2.24, 2.45) is 0 Å². The second kappa shape index (κ2) is 6.12. The number of nitrogens with one attached hydrogen (secondary N) is 1. The quantitative estimate of drug-likeness (QED) is 0.799. The number of benzene rings is 1. The van der Waals surface area contributed by atoms with Gasteiger partial charge in [-0.15, -0.1) is 0 Å². The van der Waals surface area contributed by atoms with Crippen LogP contribution in [0, 0.1) is 6.92 Å². The second-order valence-corrected chi connectivity index (χ2v) is 4.65. The molecule has 0 unspecified atom stereocenters. The van der Waals surface area contributed by atoms with Crippen molar-refractivity contribution in [3.63, 3.8) is 0 Å². The Morgan fingerprint density at radius 3 is 2.62 bits per heavy atom. The third kappa shape index (κ3) is 3.39. The average Bonchev–Trinajstić information content (AvgIpc) is 2.21. The van der Waals surface area contributed by atoms with Crippen LogP contribution in [0.4, 0.5) is 0 Å². The van der Waals surface area contributed by atoms with Crippen molar-refractivity contribution in [1.82, 2.24) is 5.32 Å². The fourth-order valence-electron chi connectivity index (χ4n) is 1.53. The number of hydrogen-bond donors (Lipinski definition) is 1. The molecule has 0 aliphatic rings. The number of rotatable bonds is 5. The van der Waals surface area contributed by atoms with Crippen LogP contribution in [-0.4, -0.2) is 20.2 Å². The Balaban J connectivity index is 2.87. The summed E-state index contributed by atoms with van der Waals surface area (Å²) in [6, 6.07) is 4.03. The first kappa shape index (κ1) is 13.3. The Morgan fingerprint density at radius 1 is 1.38 bits per heavy atom. The van der Waals surface area contributed by atoms with Crippen LogP contribution in [0.2, 0.25) is 5.02 Å². The summed E-state index contributed by atoms with van der Waals surface area (Å²) in [6.07, 6.45) is 0. The fraction of sp³-hybridized carbons (Fsp3) is 0.538. The Kier molecular flexibility index (Phi) is 5.10. The van der Waals surface area contributed by atoms with Gasteiger partial charge in [0.05, 0.1) is 0 Å². The Labute approximate surface area is 103 Å². The summed E-state index contributed by atoms with van der Waals surface area (Å²) in [4.78, 5) is 0. The Hall–Kier alpha value is -0.730. The molecule has 0 spiro atoms. The molecule has 90 valence electrons. The molecule has 0 saturated carbocycles. The van der Waals surface area contributed by atoms with Crippen LogP contribution in [0.15, 0.2) is 12.1 Å². The zero-order valence-corrected chi connectivity index (χ0v) is 11.2. The Bertz CT molecular complexity index is 350. The molecule has 0 fully saturated rings. The molecule has 1 rings (SSSR count). The molecule has 0 amide bonds. The van der Waals surface area contributed by atoms with Crippen molar-refractivity contribution in [3.05, 3.63) is 28.3 Å². The first-order chi connectivity index (χ1) is 7.56. The summed E-state index contributed by atoms with van der Waals surface area (Å²) < 4.78 is 5.70. The number of likely N-dealkylation sites (N-methyl/N-ethyl adjacent to an activating group) is 1. The lowest BCUT2D eigenvalue weighted by molar-refractivity contribution is 0.316. The molecule has 0 aromatic heterocycles. The summed E-state index contributed by atoms with van der Waals surface area (Å²) in [5.74, 6) is 1.35. The van der Waals surface area contributed by atoms with E-state index in [1.165, 1.54) is 0 Å². The van der Waals surface area contributed by atoms with E-state index in [1.54, 1.807) is 0 Å². The SMILES string of the molecule is CNCCOc1cc(C(C)C)c(Cl)cc1C. The van der Waals surface area contributed by atoms with Gasteiger partial charge in [-0.05, 0) is 43.1 Å². The zero-order valence-electron chi connectivity index (χ0n) is 10.4. The summed E-state index contributed by atoms with van der Waals surface area (Å²) in [5, 5.41) is 3.88. The minimum absolute atomic E-state index is 0.416. The van der Waals surface area contributed by atoms with Crippen molar-refractivity contribution >= 4 is 11.6 Å².